The smallest absolute Gasteiger partial charge is 0.153 e. The summed E-state index contributed by atoms with van der Waals surface area (Å²) < 4.78 is 0. The highest BCUT2D eigenvalue weighted by Crippen LogP contribution is 2.69. The molecule has 2 nitrogen and oxygen atoms in total. The van der Waals surface area contributed by atoms with Crippen LogP contribution in [-0.2, 0) is 4.79 Å². The second-order valence-electron chi connectivity index (χ2n) is 9.32. The molecule has 0 aromatic carbocycles. The van der Waals surface area contributed by atoms with Crippen LogP contribution in [0.15, 0.2) is 0 Å². The SMILES string of the molecule is C[C@@]12CC3CC(C(=O)CN4CCCC4)(C1)C[C@@](C)(C3)C2. The number of hydrogen-bond donors (Lipinski definition) is 0. The van der Waals surface area contributed by atoms with Gasteiger partial charge in [0.05, 0.1) is 6.54 Å². The lowest BCUT2D eigenvalue weighted by molar-refractivity contribution is -0.168. The Morgan fingerprint density at radius 3 is 2.15 bits per heavy atom. The maximum atomic E-state index is 13.1. The zero-order valence-electron chi connectivity index (χ0n) is 13.2. The van der Waals surface area contributed by atoms with Gasteiger partial charge in [-0.1, -0.05) is 13.8 Å². The Balaban J connectivity index is 1.58. The number of nitrogens with zero attached hydrogens (tertiary/aromatic N) is 1. The van der Waals surface area contributed by atoms with E-state index < -0.39 is 0 Å². The van der Waals surface area contributed by atoms with Gasteiger partial charge in [-0.2, -0.15) is 0 Å². The average Bonchev–Trinajstić information content (AvgIpc) is 2.76. The number of rotatable bonds is 3. The molecule has 0 radical (unpaired) electrons. The normalized spacial score (nSPS) is 50.8. The van der Waals surface area contributed by atoms with Gasteiger partial charge in [0, 0.05) is 5.41 Å². The lowest BCUT2D eigenvalue weighted by atomic mass is 9.39. The number of hydrogen-bond acceptors (Lipinski definition) is 2. The molecular weight excluding hydrogens is 246 g/mol. The molecule has 1 saturated heterocycles. The molecule has 0 amide bonds. The van der Waals surface area contributed by atoms with Crippen LogP contribution in [0.1, 0.15) is 65.2 Å². The monoisotopic (exact) mass is 275 g/mol. The minimum Gasteiger partial charge on any atom is -0.298 e. The molecule has 20 heavy (non-hydrogen) atoms. The fourth-order valence-corrected chi connectivity index (χ4v) is 7.07. The van der Waals surface area contributed by atoms with Gasteiger partial charge >= 0.3 is 0 Å². The van der Waals surface area contributed by atoms with Gasteiger partial charge in [0.1, 0.15) is 0 Å². The molecule has 4 aliphatic carbocycles. The van der Waals surface area contributed by atoms with Crippen molar-refractivity contribution in [3.8, 4) is 0 Å². The second-order valence-corrected chi connectivity index (χ2v) is 9.32. The predicted molar refractivity (Wildman–Crippen MR) is 80.5 cm³/mol. The Morgan fingerprint density at radius 1 is 1.00 bits per heavy atom. The molecule has 0 spiro atoms. The Bertz CT molecular complexity index is 419. The molecule has 1 aliphatic heterocycles. The molecule has 5 rings (SSSR count). The van der Waals surface area contributed by atoms with Crippen molar-refractivity contribution >= 4 is 5.78 Å². The number of carbonyl (C=O) groups excluding carboxylic acids is 1. The van der Waals surface area contributed by atoms with E-state index in [1.807, 2.05) is 0 Å². The molecule has 5 aliphatic rings. The van der Waals surface area contributed by atoms with E-state index in [0.717, 1.165) is 25.6 Å². The minimum atomic E-state index is 0.0610. The van der Waals surface area contributed by atoms with E-state index in [1.54, 1.807) is 0 Å². The van der Waals surface area contributed by atoms with Crippen molar-refractivity contribution in [2.24, 2.45) is 22.2 Å². The first-order valence-corrected chi connectivity index (χ1v) is 8.66. The molecule has 2 atom stereocenters. The summed E-state index contributed by atoms with van der Waals surface area (Å²) >= 11 is 0. The summed E-state index contributed by atoms with van der Waals surface area (Å²) in [7, 11) is 0. The third-order valence-corrected chi connectivity index (χ3v) is 6.78. The largest absolute Gasteiger partial charge is 0.298 e. The highest BCUT2D eigenvalue weighted by Gasteiger charge is 2.62. The average molecular weight is 275 g/mol. The maximum Gasteiger partial charge on any atom is 0.153 e. The zero-order valence-corrected chi connectivity index (χ0v) is 13.2. The summed E-state index contributed by atoms with van der Waals surface area (Å²) in [6.07, 6.45) is 10.3. The van der Waals surface area contributed by atoms with Crippen LogP contribution in [0, 0.1) is 22.2 Å². The standard InChI is InChI=1S/C18H29NO/c1-16-7-14-8-17(2,11-16)13-18(9-14,12-16)15(20)10-19-5-3-4-6-19/h14H,3-13H2,1-2H3/t14?,16-,17-,18?/m0/s1. The summed E-state index contributed by atoms with van der Waals surface area (Å²) in [6, 6.07) is 0. The third kappa shape index (κ3) is 1.98. The van der Waals surface area contributed by atoms with E-state index in [9.17, 15) is 4.79 Å². The zero-order chi connectivity index (χ0) is 14.0. The fourth-order valence-electron chi connectivity index (χ4n) is 7.07. The quantitative estimate of drug-likeness (QED) is 0.783. The second kappa shape index (κ2) is 4.09. The van der Waals surface area contributed by atoms with E-state index >= 15 is 0 Å². The first-order valence-electron chi connectivity index (χ1n) is 8.66. The summed E-state index contributed by atoms with van der Waals surface area (Å²) in [5, 5.41) is 0. The van der Waals surface area contributed by atoms with Gasteiger partial charge in [-0.3, -0.25) is 9.69 Å². The van der Waals surface area contributed by atoms with Gasteiger partial charge in [0.15, 0.2) is 5.78 Å². The molecular formula is C18H29NO. The molecule has 5 fully saturated rings. The molecule has 1 heterocycles. The van der Waals surface area contributed by atoms with Gasteiger partial charge in [-0.25, -0.2) is 0 Å². The maximum absolute atomic E-state index is 13.1. The number of Topliss-reactive ketones (excluding diaryl/α,β-unsaturated/α-hetero) is 1. The number of likely N-dealkylation sites (tertiary alicyclic amines) is 1. The third-order valence-electron chi connectivity index (χ3n) is 6.78. The molecule has 4 bridgehead atoms. The summed E-state index contributed by atoms with van der Waals surface area (Å²) in [5.41, 5.74) is 0.995. The molecule has 2 heteroatoms. The van der Waals surface area contributed by atoms with Crippen LogP contribution >= 0.6 is 0 Å². The van der Waals surface area contributed by atoms with Crippen molar-refractivity contribution in [3.63, 3.8) is 0 Å². The van der Waals surface area contributed by atoms with E-state index in [2.05, 4.69) is 18.7 Å². The molecule has 0 N–H and O–H groups in total. The molecule has 0 aromatic rings. The lowest BCUT2D eigenvalue weighted by Gasteiger charge is -2.65. The molecule has 112 valence electrons. The highest BCUT2D eigenvalue weighted by molar-refractivity contribution is 5.87. The Morgan fingerprint density at radius 2 is 1.60 bits per heavy atom. The van der Waals surface area contributed by atoms with Crippen LogP contribution in [0.5, 0.6) is 0 Å². The highest BCUT2D eigenvalue weighted by atomic mass is 16.1. The van der Waals surface area contributed by atoms with Gasteiger partial charge in [0.2, 0.25) is 0 Å². The van der Waals surface area contributed by atoms with Crippen molar-refractivity contribution in [1.29, 1.82) is 0 Å². The van der Waals surface area contributed by atoms with Crippen molar-refractivity contribution in [2.75, 3.05) is 19.6 Å². The first kappa shape index (κ1) is 13.3. The summed E-state index contributed by atoms with van der Waals surface area (Å²) in [5.74, 6) is 1.43. The van der Waals surface area contributed by atoms with Crippen molar-refractivity contribution in [3.05, 3.63) is 0 Å². The number of ketones is 1. The lowest BCUT2D eigenvalue weighted by Crippen LogP contribution is -2.58. The Hall–Kier alpha value is -0.370. The number of carbonyl (C=O) groups is 1. The van der Waals surface area contributed by atoms with Crippen LogP contribution in [0.3, 0.4) is 0 Å². The topological polar surface area (TPSA) is 20.3 Å². The van der Waals surface area contributed by atoms with Crippen molar-refractivity contribution in [1.82, 2.24) is 4.90 Å². The van der Waals surface area contributed by atoms with E-state index in [1.165, 1.54) is 51.4 Å². The Kier molecular flexibility index (Phi) is 2.72. The fraction of sp³-hybridized carbons (Fsp3) is 0.944. The van der Waals surface area contributed by atoms with Gasteiger partial charge in [0.25, 0.3) is 0 Å². The molecule has 0 aromatic heterocycles. The first-order chi connectivity index (χ1) is 9.41. The van der Waals surface area contributed by atoms with Crippen LogP contribution in [0.4, 0.5) is 0 Å². The van der Waals surface area contributed by atoms with Crippen LogP contribution < -0.4 is 0 Å². The van der Waals surface area contributed by atoms with Gasteiger partial charge in [-0.15, -0.1) is 0 Å². The van der Waals surface area contributed by atoms with E-state index in [-0.39, 0.29) is 5.41 Å². The van der Waals surface area contributed by atoms with Crippen molar-refractivity contribution in [2.45, 2.75) is 65.2 Å². The van der Waals surface area contributed by atoms with Crippen LogP contribution in [0.25, 0.3) is 0 Å². The molecule has 4 saturated carbocycles. The van der Waals surface area contributed by atoms with Crippen LogP contribution in [0.2, 0.25) is 0 Å². The summed E-state index contributed by atoms with van der Waals surface area (Å²) in [6.45, 7) is 7.99. The van der Waals surface area contributed by atoms with Gasteiger partial charge < -0.3 is 0 Å². The van der Waals surface area contributed by atoms with Crippen molar-refractivity contribution < 1.29 is 4.79 Å². The van der Waals surface area contributed by atoms with E-state index in [4.69, 9.17) is 0 Å². The Labute approximate surface area is 123 Å². The minimum absolute atomic E-state index is 0.0610. The van der Waals surface area contributed by atoms with E-state index in [0.29, 0.717) is 16.6 Å². The predicted octanol–water partition coefficient (Wildman–Crippen LogP) is 3.65. The molecule has 0 unspecified atom stereocenters. The summed E-state index contributed by atoms with van der Waals surface area (Å²) in [4.78, 5) is 15.5. The van der Waals surface area contributed by atoms with Crippen LogP contribution in [-0.4, -0.2) is 30.3 Å². The van der Waals surface area contributed by atoms with Gasteiger partial charge in [-0.05, 0) is 81.2 Å².